The van der Waals surface area contributed by atoms with Crippen molar-refractivity contribution in [2.24, 2.45) is 0 Å². The molecule has 0 atom stereocenters. The monoisotopic (exact) mass is 639 g/mol. The molecule has 0 saturated heterocycles. The fourth-order valence-electron chi connectivity index (χ4n) is 8.25. The molecule has 0 radical (unpaired) electrons. The lowest BCUT2D eigenvalue weighted by atomic mass is 9.79. The van der Waals surface area contributed by atoms with Crippen LogP contribution in [0.25, 0.3) is 83.3 Å². The number of benzene rings is 7. The SMILES string of the molecule is CC1(C)c2ccccc2-c2ccc3c(c(-c4cccc(-c5ccc(-n6c(-c7ccccc7)nc7ccccc76)cc5)c4)nc4ccccc43)c21. The number of hydrogen-bond acceptors (Lipinski definition) is 2. The van der Waals surface area contributed by atoms with Crippen molar-refractivity contribution in [3.63, 3.8) is 0 Å². The Morgan fingerprint density at radius 1 is 0.480 bits per heavy atom. The van der Waals surface area contributed by atoms with E-state index in [4.69, 9.17) is 9.97 Å². The topological polar surface area (TPSA) is 30.7 Å². The number of hydrogen-bond donors (Lipinski definition) is 0. The largest absolute Gasteiger partial charge is 0.292 e. The summed E-state index contributed by atoms with van der Waals surface area (Å²) in [4.78, 5) is 10.5. The van der Waals surface area contributed by atoms with Crippen molar-refractivity contribution in [3.05, 3.63) is 175 Å². The molecule has 3 nitrogen and oxygen atoms in total. The highest BCUT2D eigenvalue weighted by Crippen LogP contribution is 2.53. The predicted molar refractivity (Wildman–Crippen MR) is 208 cm³/mol. The van der Waals surface area contributed by atoms with Crippen LogP contribution in [0.15, 0.2) is 164 Å². The van der Waals surface area contributed by atoms with Crippen LogP contribution >= 0.6 is 0 Å². The van der Waals surface area contributed by atoms with Crippen LogP contribution in [0, 0.1) is 0 Å². The molecule has 1 aliphatic carbocycles. The smallest absolute Gasteiger partial charge is 0.145 e. The first-order valence-electron chi connectivity index (χ1n) is 17.3. The second-order valence-electron chi connectivity index (χ2n) is 13.8. The van der Waals surface area contributed by atoms with Crippen LogP contribution in [-0.2, 0) is 5.41 Å². The fraction of sp³-hybridized carbons (Fsp3) is 0.0638. The molecule has 2 heterocycles. The number of para-hydroxylation sites is 3. The van der Waals surface area contributed by atoms with E-state index in [0.717, 1.165) is 56.0 Å². The van der Waals surface area contributed by atoms with Gasteiger partial charge in [0.05, 0.1) is 22.2 Å². The van der Waals surface area contributed by atoms with Gasteiger partial charge in [-0.1, -0.05) is 141 Å². The first-order valence-corrected chi connectivity index (χ1v) is 17.3. The molecule has 0 saturated carbocycles. The van der Waals surface area contributed by atoms with Gasteiger partial charge in [0.15, 0.2) is 0 Å². The second kappa shape index (κ2) is 10.8. The first-order chi connectivity index (χ1) is 24.6. The van der Waals surface area contributed by atoms with Gasteiger partial charge in [-0.2, -0.15) is 0 Å². The van der Waals surface area contributed by atoms with E-state index in [9.17, 15) is 0 Å². The summed E-state index contributed by atoms with van der Waals surface area (Å²) in [5, 5.41) is 3.69. The molecule has 0 spiro atoms. The third-order valence-electron chi connectivity index (χ3n) is 10.6. The van der Waals surface area contributed by atoms with Crippen LogP contribution in [-0.4, -0.2) is 14.5 Å². The summed E-state index contributed by atoms with van der Waals surface area (Å²) >= 11 is 0. The molecular formula is C47H33N3. The minimum atomic E-state index is -0.159. The van der Waals surface area contributed by atoms with Gasteiger partial charge in [0.2, 0.25) is 0 Å². The molecule has 0 bridgehead atoms. The average molecular weight is 640 g/mol. The third kappa shape index (κ3) is 4.23. The summed E-state index contributed by atoms with van der Waals surface area (Å²) in [5.74, 6) is 0.938. The summed E-state index contributed by atoms with van der Waals surface area (Å²) in [6.45, 7) is 4.72. The summed E-state index contributed by atoms with van der Waals surface area (Å²) < 4.78 is 2.26. The minimum Gasteiger partial charge on any atom is -0.292 e. The minimum absolute atomic E-state index is 0.159. The average Bonchev–Trinajstić information content (AvgIpc) is 3.68. The molecule has 9 aromatic rings. The van der Waals surface area contributed by atoms with E-state index >= 15 is 0 Å². The van der Waals surface area contributed by atoms with Gasteiger partial charge in [0, 0.05) is 33.0 Å². The zero-order chi connectivity index (χ0) is 33.4. The Morgan fingerprint density at radius 3 is 2.04 bits per heavy atom. The maximum atomic E-state index is 5.42. The van der Waals surface area contributed by atoms with Crippen molar-refractivity contribution in [1.82, 2.24) is 14.5 Å². The van der Waals surface area contributed by atoms with Crippen LogP contribution in [0.3, 0.4) is 0 Å². The van der Waals surface area contributed by atoms with Gasteiger partial charge in [-0.3, -0.25) is 4.57 Å². The maximum Gasteiger partial charge on any atom is 0.145 e. The highest BCUT2D eigenvalue weighted by atomic mass is 15.1. The molecule has 3 heteroatoms. The van der Waals surface area contributed by atoms with Gasteiger partial charge in [-0.15, -0.1) is 0 Å². The normalized spacial score (nSPS) is 13.2. The molecule has 0 amide bonds. The quantitative estimate of drug-likeness (QED) is 0.179. The van der Waals surface area contributed by atoms with Crippen LogP contribution < -0.4 is 0 Å². The number of aromatic nitrogens is 3. The Bertz CT molecular complexity index is 2770. The lowest BCUT2D eigenvalue weighted by molar-refractivity contribution is 0.666. The van der Waals surface area contributed by atoms with E-state index in [1.165, 1.54) is 38.4 Å². The first kappa shape index (κ1) is 28.7. The van der Waals surface area contributed by atoms with Gasteiger partial charge in [-0.05, 0) is 75.2 Å². The zero-order valence-electron chi connectivity index (χ0n) is 27.9. The highest BCUT2D eigenvalue weighted by Gasteiger charge is 2.37. The summed E-state index contributed by atoms with van der Waals surface area (Å²) in [5.41, 5.74) is 14.9. The molecule has 50 heavy (non-hydrogen) atoms. The van der Waals surface area contributed by atoms with Gasteiger partial charge in [-0.25, -0.2) is 9.97 Å². The number of nitrogens with zero attached hydrogens (tertiary/aromatic N) is 3. The van der Waals surface area contributed by atoms with Gasteiger partial charge < -0.3 is 0 Å². The second-order valence-corrected chi connectivity index (χ2v) is 13.8. The maximum absolute atomic E-state index is 5.42. The zero-order valence-corrected chi connectivity index (χ0v) is 27.9. The van der Waals surface area contributed by atoms with Gasteiger partial charge >= 0.3 is 0 Å². The summed E-state index contributed by atoms with van der Waals surface area (Å²) in [6.07, 6.45) is 0. The van der Waals surface area contributed by atoms with Gasteiger partial charge in [0.1, 0.15) is 5.82 Å². The Kier molecular flexibility index (Phi) is 6.22. The Balaban J connectivity index is 1.13. The van der Waals surface area contributed by atoms with Crippen molar-refractivity contribution in [2.45, 2.75) is 19.3 Å². The highest BCUT2D eigenvalue weighted by molar-refractivity contribution is 6.15. The standard InChI is InChI=1S/C47H33N3/c1-47(2)39-19-8-6-17-35(39)38-28-27-37-36-18-7-9-20-40(36)48-45(43(37)44(38)47)33-16-12-15-32(29-33)30-23-25-34(26-24-30)50-42-22-11-10-21-41(42)49-46(50)31-13-4-3-5-14-31/h3-29H,1-2H3. The van der Waals surface area contributed by atoms with Crippen molar-refractivity contribution in [2.75, 3.05) is 0 Å². The lowest BCUT2D eigenvalue weighted by Crippen LogP contribution is -2.16. The molecule has 7 aromatic carbocycles. The molecular weight excluding hydrogens is 607 g/mol. The molecule has 0 fully saturated rings. The Hall–Kier alpha value is -6.32. The van der Waals surface area contributed by atoms with Crippen molar-refractivity contribution in [3.8, 4) is 50.6 Å². The van der Waals surface area contributed by atoms with Crippen molar-refractivity contribution in [1.29, 1.82) is 0 Å². The third-order valence-corrected chi connectivity index (χ3v) is 10.6. The molecule has 0 N–H and O–H groups in total. The number of rotatable bonds is 4. The van der Waals surface area contributed by atoms with E-state index < -0.39 is 0 Å². The van der Waals surface area contributed by atoms with Crippen LogP contribution in [0.1, 0.15) is 25.0 Å². The van der Waals surface area contributed by atoms with Crippen LogP contribution in [0.2, 0.25) is 0 Å². The fourth-order valence-corrected chi connectivity index (χ4v) is 8.25. The molecule has 236 valence electrons. The van der Waals surface area contributed by atoms with Crippen molar-refractivity contribution < 1.29 is 0 Å². The summed E-state index contributed by atoms with van der Waals surface area (Å²) in [7, 11) is 0. The summed E-state index contributed by atoms with van der Waals surface area (Å²) in [6, 6.07) is 58.6. The number of pyridine rings is 1. The molecule has 0 unspecified atom stereocenters. The van der Waals surface area contributed by atoms with Crippen LogP contribution in [0.4, 0.5) is 0 Å². The Morgan fingerprint density at radius 2 is 1.18 bits per heavy atom. The van der Waals surface area contributed by atoms with Crippen molar-refractivity contribution >= 4 is 32.7 Å². The van der Waals surface area contributed by atoms with E-state index in [1.807, 2.05) is 12.1 Å². The predicted octanol–water partition coefficient (Wildman–Crippen LogP) is 12.0. The van der Waals surface area contributed by atoms with E-state index in [1.54, 1.807) is 0 Å². The molecule has 2 aromatic heterocycles. The van der Waals surface area contributed by atoms with E-state index in [2.05, 4.69) is 170 Å². The molecule has 0 aliphatic heterocycles. The number of imidazole rings is 1. The van der Waals surface area contributed by atoms with E-state index in [0.29, 0.717) is 0 Å². The van der Waals surface area contributed by atoms with Crippen LogP contribution in [0.5, 0.6) is 0 Å². The van der Waals surface area contributed by atoms with Gasteiger partial charge in [0.25, 0.3) is 0 Å². The van der Waals surface area contributed by atoms with E-state index in [-0.39, 0.29) is 5.41 Å². The molecule has 10 rings (SSSR count). The number of fused-ring (bicyclic) bond motifs is 8. The lowest BCUT2D eigenvalue weighted by Gasteiger charge is -2.25. The molecule has 1 aliphatic rings. The Labute approximate surface area is 291 Å².